The molecule has 20 heavy (non-hydrogen) atoms. The number of rotatable bonds is 4. The molecule has 0 unspecified atom stereocenters. The van der Waals surface area contributed by atoms with Gasteiger partial charge < -0.3 is 15.5 Å². The Kier molecular flexibility index (Phi) is 4.81. The van der Waals surface area contributed by atoms with Gasteiger partial charge in [0.05, 0.1) is 12.8 Å². The van der Waals surface area contributed by atoms with Gasteiger partial charge in [-0.2, -0.15) is 13.2 Å². The van der Waals surface area contributed by atoms with Crippen molar-refractivity contribution in [3.63, 3.8) is 0 Å². The van der Waals surface area contributed by atoms with Gasteiger partial charge in [-0.15, -0.1) is 0 Å². The summed E-state index contributed by atoms with van der Waals surface area (Å²) >= 11 is 0. The Bertz CT molecular complexity index is 548. The molecule has 2 N–H and O–H groups in total. The molecule has 3 nitrogen and oxygen atoms in total. The van der Waals surface area contributed by atoms with Crippen molar-refractivity contribution in [2.45, 2.75) is 20.0 Å². The van der Waals surface area contributed by atoms with Crippen molar-refractivity contribution in [2.75, 3.05) is 14.2 Å². The van der Waals surface area contributed by atoms with Crippen LogP contribution >= 0.6 is 0 Å². The molecule has 0 amide bonds. The first-order chi connectivity index (χ1) is 9.20. The van der Waals surface area contributed by atoms with Gasteiger partial charge in [0.2, 0.25) is 0 Å². The van der Waals surface area contributed by atoms with E-state index in [4.69, 9.17) is 10.1 Å². The quantitative estimate of drug-likeness (QED) is 0.834. The summed E-state index contributed by atoms with van der Waals surface area (Å²) in [6.45, 7) is 3.51. The predicted molar refractivity (Wildman–Crippen MR) is 72.5 cm³/mol. The third-order valence-corrected chi connectivity index (χ3v) is 2.90. The Balaban J connectivity index is 3.22. The highest BCUT2D eigenvalue weighted by molar-refractivity contribution is 6.08. The molecule has 0 saturated carbocycles. The Labute approximate surface area is 116 Å². The number of halogens is 3. The number of nitrogens with one attached hydrogen (secondary N) is 2. The zero-order chi connectivity index (χ0) is 15.5. The van der Waals surface area contributed by atoms with Crippen molar-refractivity contribution in [1.82, 2.24) is 5.32 Å². The average molecular weight is 286 g/mol. The minimum Gasteiger partial charge on any atom is -0.496 e. The van der Waals surface area contributed by atoms with Crippen molar-refractivity contribution in [1.29, 1.82) is 5.41 Å². The molecule has 1 aromatic rings. The number of benzene rings is 1. The van der Waals surface area contributed by atoms with Gasteiger partial charge in [-0.05, 0) is 43.2 Å². The molecule has 0 bridgehead atoms. The van der Waals surface area contributed by atoms with Gasteiger partial charge in [0.25, 0.3) is 0 Å². The fraction of sp³-hybridized carbons (Fsp3) is 0.357. The highest BCUT2D eigenvalue weighted by Crippen LogP contribution is 2.26. The van der Waals surface area contributed by atoms with E-state index >= 15 is 0 Å². The zero-order valence-corrected chi connectivity index (χ0v) is 11.8. The maximum Gasteiger partial charge on any atom is 0.430 e. The molecule has 0 spiro atoms. The normalized spacial score (nSPS) is 12.2. The summed E-state index contributed by atoms with van der Waals surface area (Å²) in [4.78, 5) is 0. The van der Waals surface area contributed by atoms with E-state index in [1.165, 1.54) is 14.2 Å². The summed E-state index contributed by atoms with van der Waals surface area (Å²) in [7, 11) is 2.70. The Hall–Kier alpha value is -1.98. The topological polar surface area (TPSA) is 45.1 Å². The summed E-state index contributed by atoms with van der Waals surface area (Å²) < 4.78 is 43.1. The van der Waals surface area contributed by atoms with Crippen LogP contribution in [0.1, 0.15) is 16.7 Å². The van der Waals surface area contributed by atoms with Crippen molar-refractivity contribution in [3.05, 3.63) is 40.6 Å². The van der Waals surface area contributed by atoms with Crippen LogP contribution in [0.15, 0.2) is 23.9 Å². The van der Waals surface area contributed by atoms with Gasteiger partial charge in [-0.25, -0.2) is 0 Å². The lowest BCUT2D eigenvalue weighted by atomic mass is 10.00. The molecule has 0 aliphatic carbocycles. The van der Waals surface area contributed by atoms with Crippen molar-refractivity contribution in [2.24, 2.45) is 0 Å². The van der Waals surface area contributed by atoms with Crippen LogP contribution in [0.5, 0.6) is 5.75 Å². The van der Waals surface area contributed by atoms with Crippen LogP contribution in [-0.4, -0.2) is 26.0 Å². The van der Waals surface area contributed by atoms with Crippen LogP contribution in [0.2, 0.25) is 0 Å². The second-order valence-electron chi connectivity index (χ2n) is 4.36. The molecular formula is C14H17F3N2O. The van der Waals surface area contributed by atoms with Crippen molar-refractivity contribution in [3.8, 4) is 5.75 Å². The summed E-state index contributed by atoms with van der Waals surface area (Å²) in [6.07, 6.45) is -3.72. The molecule has 0 radical (unpaired) electrons. The second-order valence-corrected chi connectivity index (χ2v) is 4.36. The number of allylic oxidation sites excluding steroid dienone is 2. The molecule has 0 aromatic heterocycles. The fourth-order valence-electron chi connectivity index (χ4n) is 1.82. The minimum absolute atomic E-state index is 0.199. The van der Waals surface area contributed by atoms with Gasteiger partial charge >= 0.3 is 6.18 Å². The van der Waals surface area contributed by atoms with Gasteiger partial charge in [-0.3, -0.25) is 0 Å². The molecule has 0 aliphatic rings. The van der Waals surface area contributed by atoms with Crippen LogP contribution in [-0.2, 0) is 0 Å². The molecular weight excluding hydrogens is 269 g/mol. The number of methoxy groups -OCH3 is 1. The molecule has 0 saturated heterocycles. The van der Waals surface area contributed by atoms with Gasteiger partial charge in [0.1, 0.15) is 11.4 Å². The van der Waals surface area contributed by atoms with E-state index in [-0.39, 0.29) is 5.71 Å². The number of alkyl halides is 3. The van der Waals surface area contributed by atoms with Gasteiger partial charge in [0, 0.05) is 12.6 Å². The summed E-state index contributed by atoms with van der Waals surface area (Å²) in [5.74, 6) is 0.646. The number of aryl methyl sites for hydroxylation is 2. The third kappa shape index (κ3) is 3.53. The maximum absolute atomic E-state index is 12.6. The Morgan fingerprint density at radius 3 is 2.30 bits per heavy atom. The smallest absolute Gasteiger partial charge is 0.430 e. The monoisotopic (exact) mass is 286 g/mol. The lowest BCUT2D eigenvalue weighted by Gasteiger charge is -2.13. The van der Waals surface area contributed by atoms with Gasteiger partial charge in [-0.1, -0.05) is 0 Å². The predicted octanol–water partition coefficient (Wildman–Crippen LogP) is 3.35. The summed E-state index contributed by atoms with van der Waals surface area (Å²) in [5, 5.41) is 9.92. The molecule has 0 fully saturated rings. The fourth-order valence-corrected chi connectivity index (χ4v) is 1.82. The van der Waals surface area contributed by atoms with Gasteiger partial charge in [0.15, 0.2) is 0 Å². The third-order valence-electron chi connectivity index (χ3n) is 2.90. The lowest BCUT2D eigenvalue weighted by molar-refractivity contribution is -0.0958. The second kappa shape index (κ2) is 5.98. The first kappa shape index (κ1) is 16.1. The first-order valence-corrected chi connectivity index (χ1v) is 5.91. The molecule has 110 valence electrons. The largest absolute Gasteiger partial charge is 0.496 e. The van der Waals surface area contributed by atoms with E-state index in [0.717, 1.165) is 11.6 Å². The van der Waals surface area contributed by atoms with E-state index in [1.807, 2.05) is 0 Å². The molecule has 1 rings (SSSR count). The van der Waals surface area contributed by atoms with E-state index in [2.05, 4.69) is 5.32 Å². The first-order valence-electron chi connectivity index (χ1n) is 5.91. The van der Waals surface area contributed by atoms with Crippen molar-refractivity contribution >= 4 is 5.71 Å². The molecule has 6 heteroatoms. The molecule has 1 aromatic carbocycles. The molecule has 0 aliphatic heterocycles. The number of ether oxygens (including phenoxy) is 1. The summed E-state index contributed by atoms with van der Waals surface area (Å²) in [6, 6.07) is 3.36. The highest BCUT2D eigenvalue weighted by Gasteiger charge is 2.33. The SMILES string of the molecule is CN/C(=C\C(=N)c1cc(C)c(OC)cc1C)C(F)(F)F. The lowest BCUT2D eigenvalue weighted by Crippen LogP contribution is -2.24. The van der Waals surface area contributed by atoms with E-state index in [9.17, 15) is 13.2 Å². The average Bonchev–Trinajstić information content (AvgIpc) is 2.36. The van der Waals surface area contributed by atoms with E-state index in [0.29, 0.717) is 16.9 Å². The minimum atomic E-state index is -4.50. The number of hydrogen-bond donors (Lipinski definition) is 2. The van der Waals surface area contributed by atoms with E-state index in [1.54, 1.807) is 26.0 Å². The van der Waals surface area contributed by atoms with E-state index < -0.39 is 11.9 Å². The van der Waals surface area contributed by atoms with Crippen molar-refractivity contribution < 1.29 is 17.9 Å². The summed E-state index contributed by atoms with van der Waals surface area (Å²) in [5.41, 5.74) is 0.751. The zero-order valence-electron chi connectivity index (χ0n) is 11.8. The van der Waals surface area contributed by atoms with Crippen LogP contribution in [0, 0.1) is 19.3 Å². The number of hydrogen-bond acceptors (Lipinski definition) is 3. The molecule has 0 atom stereocenters. The van der Waals surface area contributed by atoms with Crippen LogP contribution in [0.25, 0.3) is 0 Å². The van der Waals surface area contributed by atoms with Crippen LogP contribution in [0.3, 0.4) is 0 Å². The van der Waals surface area contributed by atoms with Crippen LogP contribution < -0.4 is 10.1 Å². The Morgan fingerprint density at radius 2 is 1.85 bits per heavy atom. The molecule has 0 heterocycles. The maximum atomic E-state index is 12.6. The standard InChI is InChI=1S/C14H17F3N2O/c1-8-6-12(20-4)9(2)5-10(8)11(18)7-13(19-3)14(15,16)17/h5-7,18-19H,1-4H3/b13-7-,18-11?. The van der Waals surface area contributed by atoms with Crippen LogP contribution in [0.4, 0.5) is 13.2 Å². The Morgan fingerprint density at radius 1 is 1.25 bits per heavy atom. The highest BCUT2D eigenvalue weighted by atomic mass is 19.4.